The maximum absolute atomic E-state index is 11.6. The minimum absolute atomic E-state index is 0.00352. The fourth-order valence-corrected chi connectivity index (χ4v) is 1.71. The van der Waals surface area contributed by atoms with Gasteiger partial charge < -0.3 is 25.4 Å². The van der Waals surface area contributed by atoms with Crippen LogP contribution in [0, 0.1) is 0 Å². The van der Waals surface area contributed by atoms with Crippen LogP contribution in [0.1, 0.15) is 18.9 Å². The maximum Gasteiger partial charge on any atom is 0.326 e. The van der Waals surface area contributed by atoms with Crippen LogP contribution < -0.4 is 5.32 Å². The third-order valence-corrected chi connectivity index (χ3v) is 2.79. The van der Waals surface area contributed by atoms with Gasteiger partial charge in [-0.15, -0.1) is 0 Å². The predicted molar refractivity (Wildman–Crippen MR) is 74.2 cm³/mol. The van der Waals surface area contributed by atoms with E-state index in [1.165, 1.54) is 18.2 Å². The van der Waals surface area contributed by atoms with E-state index in [1.54, 1.807) is 6.92 Å². The highest BCUT2D eigenvalue weighted by Gasteiger charge is 2.20. The molecule has 0 aliphatic heterocycles. The zero-order valence-electron chi connectivity index (χ0n) is 11.7. The lowest BCUT2D eigenvalue weighted by Crippen LogP contribution is -2.42. The molecule has 1 atom stereocenters. The quantitative estimate of drug-likeness (QED) is 0.413. The molecule has 0 unspecified atom stereocenters. The van der Waals surface area contributed by atoms with Crippen LogP contribution in [-0.2, 0) is 20.7 Å². The van der Waals surface area contributed by atoms with E-state index in [4.69, 9.17) is 9.84 Å². The highest BCUT2D eigenvalue weighted by molar-refractivity contribution is 5.83. The Bertz CT molecular complexity index is 502. The normalized spacial score (nSPS) is 11.9. The third-order valence-electron chi connectivity index (χ3n) is 2.79. The van der Waals surface area contributed by atoms with Gasteiger partial charge in [-0.05, 0) is 24.6 Å². The number of carboxylic acid groups (broad SMARTS) is 1. The van der Waals surface area contributed by atoms with Crippen molar-refractivity contribution in [2.75, 3.05) is 13.2 Å². The number of aliphatic carboxylic acids is 1. The zero-order valence-corrected chi connectivity index (χ0v) is 11.7. The zero-order chi connectivity index (χ0) is 15.8. The molecule has 0 saturated carbocycles. The first-order valence-electron chi connectivity index (χ1n) is 6.54. The van der Waals surface area contributed by atoms with Crippen molar-refractivity contribution in [2.45, 2.75) is 25.8 Å². The van der Waals surface area contributed by atoms with Crippen LogP contribution in [0.2, 0.25) is 0 Å². The van der Waals surface area contributed by atoms with Gasteiger partial charge in [-0.2, -0.15) is 0 Å². The summed E-state index contributed by atoms with van der Waals surface area (Å²) in [6, 6.07) is 2.90. The Hall–Kier alpha value is -2.28. The monoisotopic (exact) mass is 297 g/mol. The molecule has 21 heavy (non-hydrogen) atoms. The van der Waals surface area contributed by atoms with E-state index in [-0.39, 0.29) is 30.9 Å². The molecule has 7 heteroatoms. The number of carboxylic acids is 1. The smallest absolute Gasteiger partial charge is 0.326 e. The summed E-state index contributed by atoms with van der Waals surface area (Å²) in [6.07, 6.45) is 0.0853. The second kappa shape index (κ2) is 8.11. The number of phenolic OH excluding ortho intramolecular Hbond substituents is 2. The first-order chi connectivity index (χ1) is 9.93. The standard InChI is InChI=1S/C14H19NO6/c1-2-21-6-5-13(18)15-10(14(19)20)7-9-3-4-11(16)12(17)8-9/h3-4,8,10,16-17H,2,5-7H2,1H3,(H,15,18)(H,19,20)/t10-/m0/s1. The number of carbonyl (C=O) groups is 2. The molecule has 7 nitrogen and oxygen atoms in total. The summed E-state index contributed by atoms with van der Waals surface area (Å²) in [6.45, 7) is 2.52. The molecule has 1 aromatic carbocycles. The molecular formula is C14H19NO6. The molecule has 0 aliphatic rings. The van der Waals surface area contributed by atoms with Crippen LogP contribution in [0.4, 0.5) is 0 Å². The van der Waals surface area contributed by atoms with E-state index in [1.807, 2.05) is 0 Å². The summed E-state index contributed by atoms with van der Waals surface area (Å²) in [4.78, 5) is 22.8. The molecule has 4 N–H and O–H groups in total. The predicted octanol–water partition coefficient (Wildman–Crippen LogP) is 0.636. The van der Waals surface area contributed by atoms with Crippen LogP contribution in [0.25, 0.3) is 0 Å². The van der Waals surface area contributed by atoms with Gasteiger partial charge in [-0.3, -0.25) is 4.79 Å². The second-order valence-corrected chi connectivity index (χ2v) is 4.43. The number of hydrogen-bond acceptors (Lipinski definition) is 5. The number of nitrogens with one attached hydrogen (secondary N) is 1. The molecule has 0 bridgehead atoms. The Labute approximate surface area is 122 Å². The van der Waals surface area contributed by atoms with Crippen molar-refractivity contribution >= 4 is 11.9 Å². The Morgan fingerprint density at radius 1 is 1.29 bits per heavy atom. The van der Waals surface area contributed by atoms with Crippen molar-refractivity contribution in [2.24, 2.45) is 0 Å². The summed E-state index contributed by atoms with van der Waals surface area (Å²) in [5.41, 5.74) is 0.489. The number of benzene rings is 1. The number of ether oxygens (including phenoxy) is 1. The molecule has 1 amide bonds. The minimum Gasteiger partial charge on any atom is -0.504 e. The molecular weight excluding hydrogens is 278 g/mol. The summed E-state index contributed by atoms with van der Waals surface area (Å²) < 4.78 is 5.02. The molecule has 0 spiro atoms. The average molecular weight is 297 g/mol. The van der Waals surface area contributed by atoms with Crippen LogP contribution in [0.15, 0.2) is 18.2 Å². The van der Waals surface area contributed by atoms with Gasteiger partial charge in [0.05, 0.1) is 6.61 Å². The highest BCUT2D eigenvalue weighted by Crippen LogP contribution is 2.25. The molecule has 0 aromatic heterocycles. The Morgan fingerprint density at radius 2 is 2.00 bits per heavy atom. The maximum atomic E-state index is 11.6. The molecule has 1 rings (SSSR count). The number of aromatic hydroxyl groups is 2. The van der Waals surface area contributed by atoms with Crippen molar-refractivity contribution in [1.29, 1.82) is 0 Å². The molecule has 0 aliphatic carbocycles. The van der Waals surface area contributed by atoms with Crippen LogP contribution in [0.5, 0.6) is 11.5 Å². The van der Waals surface area contributed by atoms with Crippen molar-refractivity contribution in [3.63, 3.8) is 0 Å². The van der Waals surface area contributed by atoms with Gasteiger partial charge in [-0.25, -0.2) is 4.79 Å². The van der Waals surface area contributed by atoms with Crippen LogP contribution in [-0.4, -0.2) is 46.5 Å². The minimum atomic E-state index is -1.17. The topological polar surface area (TPSA) is 116 Å². The average Bonchev–Trinajstić information content (AvgIpc) is 2.42. The van der Waals surface area contributed by atoms with Crippen molar-refractivity contribution < 1.29 is 29.6 Å². The Balaban J connectivity index is 2.63. The molecule has 0 fully saturated rings. The lowest BCUT2D eigenvalue weighted by Gasteiger charge is -2.15. The highest BCUT2D eigenvalue weighted by atomic mass is 16.5. The van der Waals surface area contributed by atoms with Crippen molar-refractivity contribution in [3.8, 4) is 11.5 Å². The van der Waals surface area contributed by atoms with Gasteiger partial charge >= 0.3 is 5.97 Å². The molecule has 0 saturated heterocycles. The second-order valence-electron chi connectivity index (χ2n) is 4.43. The fourth-order valence-electron chi connectivity index (χ4n) is 1.71. The van der Waals surface area contributed by atoms with E-state index < -0.39 is 17.9 Å². The molecule has 1 aromatic rings. The molecule has 0 radical (unpaired) electrons. The number of rotatable bonds is 8. The fraction of sp³-hybridized carbons (Fsp3) is 0.429. The Morgan fingerprint density at radius 3 is 2.57 bits per heavy atom. The van der Waals surface area contributed by atoms with E-state index in [0.717, 1.165) is 0 Å². The number of amides is 1. The van der Waals surface area contributed by atoms with Crippen molar-refractivity contribution in [3.05, 3.63) is 23.8 Å². The van der Waals surface area contributed by atoms with Gasteiger partial charge in [0, 0.05) is 19.4 Å². The SMILES string of the molecule is CCOCCC(=O)N[C@@H](Cc1ccc(O)c(O)c1)C(=O)O. The van der Waals surface area contributed by atoms with Gasteiger partial charge in [0.15, 0.2) is 11.5 Å². The molecule has 0 heterocycles. The van der Waals surface area contributed by atoms with Crippen molar-refractivity contribution in [1.82, 2.24) is 5.32 Å². The lowest BCUT2D eigenvalue weighted by atomic mass is 10.1. The van der Waals surface area contributed by atoms with E-state index in [0.29, 0.717) is 12.2 Å². The van der Waals surface area contributed by atoms with E-state index in [9.17, 15) is 19.8 Å². The van der Waals surface area contributed by atoms with E-state index >= 15 is 0 Å². The van der Waals surface area contributed by atoms with Gasteiger partial charge in [-0.1, -0.05) is 6.07 Å². The largest absolute Gasteiger partial charge is 0.504 e. The first kappa shape index (κ1) is 16.8. The van der Waals surface area contributed by atoms with Gasteiger partial charge in [0.1, 0.15) is 6.04 Å². The number of phenols is 2. The molecule has 116 valence electrons. The number of carbonyl (C=O) groups excluding carboxylic acids is 1. The summed E-state index contributed by atoms with van der Waals surface area (Å²) in [5.74, 6) is -2.21. The summed E-state index contributed by atoms with van der Waals surface area (Å²) in [5, 5.41) is 30.1. The first-order valence-corrected chi connectivity index (χ1v) is 6.54. The Kier molecular flexibility index (Phi) is 6.48. The van der Waals surface area contributed by atoms with Crippen LogP contribution in [0.3, 0.4) is 0 Å². The van der Waals surface area contributed by atoms with E-state index in [2.05, 4.69) is 5.32 Å². The van der Waals surface area contributed by atoms with Crippen LogP contribution >= 0.6 is 0 Å². The third kappa shape index (κ3) is 5.70. The lowest BCUT2D eigenvalue weighted by molar-refractivity contribution is -0.141. The van der Waals surface area contributed by atoms with Gasteiger partial charge in [0.25, 0.3) is 0 Å². The van der Waals surface area contributed by atoms with Gasteiger partial charge in [0.2, 0.25) is 5.91 Å². The number of hydrogen-bond donors (Lipinski definition) is 4. The summed E-state index contributed by atoms with van der Waals surface area (Å²) in [7, 11) is 0. The summed E-state index contributed by atoms with van der Waals surface area (Å²) >= 11 is 0.